The van der Waals surface area contributed by atoms with Gasteiger partial charge >= 0.3 is 0 Å². The molecule has 0 bridgehead atoms. The van der Waals surface area contributed by atoms with Crippen molar-refractivity contribution in [1.82, 2.24) is 5.43 Å². The summed E-state index contributed by atoms with van der Waals surface area (Å²) in [5.41, 5.74) is 5.10. The Labute approximate surface area is 135 Å². The lowest BCUT2D eigenvalue weighted by molar-refractivity contribution is -0.124. The van der Waals surface area contributed by atoms with Crippen LogP contribution in [0.4, 0.5) is 5.69 Å². The number of carbonyl (C=O) groups is 2. The van der Waals surface area contributed by atoms with Crippen LogP contribution in [0.2, 0.25) is 0 Å². The first-order valence-corrected chi connectivity index (χ1v) is 7.37. The molecule has 5 heteroatoms. The van der Waals surface area contributed by atoms with Gasteiger partial charge in [0.2, 0.25) is 11.8 Å². The molecular weight excluding hydrogens is 290 g/mol. The molecule has 5 nitrogen and oxygen atoms in total. The number of nitrogens with zero attached hydrogens (tertiary/aromatic N) is 1. The predicted octanol–water partition coefficient (Wildman–Crippen LogP) is 2.86. The second-order valence-electron chi connectivity index (χ2n) is 5.12. The maximum atomic E-state index is 11.8. The number of amides is 2. The fourth-order valence-corrected chi connectivity index (χ4v) is 1.95. The minimum absolute atomic E-state index is 0.0871. The minimum atomic E-state index is -0.295. The van der Waals surface area contributed by atoms with Crippen LogP contribution in [0.3, 0.4) is 0 Å². The molecule has 0 saturated heterocycles. The van der Waals surface area contributed by atoms with Crippen molar-refractivity contribution in [3.05, 3.63) is 65.7 Å². The van der Waals surface area contributed by atoms with Crippen molar-refractivity contribution in [2.24, 2.45) is 5.10 Å². The van der Waals surface area contributed by atoms with E-state index in [2.05, 4.69) is 15.8 Å². The van der Waals surface area contributed by atoms with Crippen molar-refractivity contribution in [3.63, 3.8) is 0 Å². The van der Waals surface area contributed by atoms with E-state index in [1.54, 1.807) is 6.21 Å². The van der Waals surface area contributed by atoms with Crippen LogP contribution in [0.15, 0.2) is 59.7 Å². The lowest BCUT2D eigenvalue weighted by Crippen LogP contribution is -2.20. The molecule has 0 spiro atoms. The Morgan fingerprint density at radius 2 is 1.74 bits per heavy atom. The van der Waals surface area contributed by atoms with Crippen molar-refractivity contribution in [2.45, 2.75) is 19.8 Å². The van der Waals surface area contributed by atoms with Gasteiger partial charge in [-0.2, -0.15) is 5.10 Å². The zero-order chi connectivity index (χ0) is 16.5. The second kappa shape index (κ2) is 8.48. The molecule has 0 radical (unpaired) electrons. The molecule has 23 heavy (non-hydrogen) atoms. The van der Waals surface area contributed by atoms with Gasteiger partial charge in [0.25, 0.3) is 0 Å². The standard InChI is InChI=1S/C18H19N3O2/c1-14-6-5-9-16(12-14)20-17(22)10-11-18(23)21-19-13-15-7-3-2-4-8-15/h2-9,12-13H,10-11H2,1H3,(H,20,22)(H,21,23)/b19-13+. The Balaban J connectivity index is 1.71. The van der Waals surface area contributed by atoms with Gasteiger partial charge in [-0.15, -0.1) is 0 Å². The molecule has 0 heterocycles. The minimum Gasteiger partial charge on any atom is -0.326 e. The number of hydrogen-bond donors (Lipinski definition) is 2. The highest BCUT2D eigenvalue weighted by Gasteiger charge is 2.06. The van der Waals surface area contributed by atoms with Crippen LogP contribution in [0.5, 0.6) is 0 Å². The van der Waals surface area contributed by atoms with Crippen LogP contribution in [-0.4, -0.2) is 18.0 Å². The number of nitrogens with one attached hydrogen (secondary N) is 2. The Hall–Kier alpha value is -2.95. The Kier molecular flexibility index (Phi) is 6.06. The summed E-state index contributed by atoms with van der Waals surface area (Å²) in [5.74, 6) is -0.491. The van der Waals surface area contributed by atoms with Gasteiger partial charge in [-0.25, -0.2) is 5.43 Å². The molecule has 0 aliphatic heterocycles. The van der Waals surface area contributed by atoms with Crippen LogP contribution < -0.4 is 10.7 Å². The van der Waals surface area contributed by atoms with Crippen LogP contribution in [0.1, 0.15) is 24.0 Å². The molecule has 2 aromatic carbocycles. The lowest BCUT2D eigenvalue weighted by Gasteiger charge is -2.05. The average molecular weight is 309 g/mol. The van der Waals surface area contributed by atoms with Crippen molar-refractivity contribution < 1.29 is 9.59 Å². The van der Waals surface area contributed by atoms with E-state index in [0.29, 0.717) is 0 Å². The number of anilines is 1. The molecule has 0 aromatic heterocycles. The summed E-state index contributed by atoms with van der Waals surface area (Å²) in [6.07, 6.45) is 1.76. The monoisotopic (exact) mass is 309 g/mol. The fraction of sp³-hybridized carbons (Fsp3) is 0.167. The normalized spacial score (nSPS) is 10.5. The number of carbonyl (C=O) groups excluding carboxylic acids is 2. The fourth-order valence-electron chi connectivity index (χ4n) is 1.95. The first-order valence-electron chi connectivity index (χ1n) is 7.37. The van der Waals surface area contributed by atoms with Crippen LogP contribution in [-0.2, 0) is 9.59 Å². The number of rotatable bonds is 6. The van der Waals surface area contributed by atoms with Gasteiger partial charge in [-0.05, 0) is 30.2 Å². The van der Waals surface area contributed by atoms with Gasteiger partial charge in [0.1, 0.15) is 0 Å². The van der Waals surface area contributed by atoms with Crippen LogP contribution in [0, 0.1) is 6.92 Å². The molecule has 2 rings (SSSR count). The summed E-state index contributed by atoms with van der Waals surface area (Å²) in [7, 11) is 0. The molecule has 0 aliphatic carbocycles. The van der Waals surface area contributed by atoms with Gasteiger partial charge in [0.15, 0.2) is 0 Å². The van der Waals surface area contributed by atoms with Gasteiger partial charge in [-0.1, -0.05) is 42.5 Å². The highest BCUT2D eigenvalue weighted by molar-refractivity contribution is 5.93. The highest BCUT2D eigenvalue weighted by Crippen LogP contribution is 2.10. The van der Waals surface area contributed by atoms with Gasteiger partial charge in [0, 0.05) is 18.5 Å². The molecule has 118 valence electrons. The molecule has 0 atom stereocenters. The number of hydrazone groups is 1. The number of hydrogen-bond acceptors (Lipinski definition) is 3. The third-order valence-corrected chi connectivity index (χ3v) is 3.08. The van der Waals surface area contributed by atoms with Crippen LogP contribution >= 0.6 is 0 Å². The molecule has 0 fully saturated rings. The maximum absolute atomic E-state index is 11.8. The van der Waals surface area contributed by atoms with Crippen molar-refractivity contribution in [3.8, 4) is 0 Å². The largest absolute Gasteiger partial charge is 0.326 e. The van der Waals surface area contributed by atoms with E-state index in [1.807, 2.05) is 61.5 Å². The average Bonchev–Trinajstić information content (AvgIpc) is 2.54. The van der Waals surface area contributed by atoms with Gasteiger partial charge < -0.3 is 5.32 Å². The molecule has 2 N–H and O–H groups in total. The van der Waals surface area contributed by atoms with E-state index in [4.69, 9.17) is 0 Å². The van der Waals surface area contributed by atoms with Crippen molar-refractivity contribution >= 4 is 23.7 Å². The molecule has 2 aromatic rings. The van der Waals surface area contributed by atoms with E-state index in [-0.39, 0.29) is 24.7 Å². The quantitative estimate of drug-likeness (QED) is 0.636. The van der Waals surface area contributed by atoms with Crippen molar-refractivity contribution in [1.29, 1.82) is 0 Å². The number of aryl methyl sites for hydroxylation is 1. The smallest absolute Gasteiger partial charge is 0.240 e. The van der Waals surface area contributed by atoms with E-state index in [1.165, 1.54) is 0 Å². The number of benzene rings is 2. The van der Waals surface area contributed by atoms with E-state index in [0.717, 1.165) is 16.8 Å². The van der Waals surface area contributed by atoms with Gasteiger partial charge in [0.05, 0.1) is 6.21 Å². The summed E-state index contributed by atoms with van der Waals surface area (Å²) >= 11 is 0. The Morgan fingerprint density at radius 3 is 2.48 bits per heavy atom. The first-order chi connectivity index (χ1) is 11.1. The summed E-state index contributed by atoms with van der Waals surface area (Å²) in [6, 6.07) is 17.0. The molecule has 0 aliphatic rings. The summed E-state index contributed by atoms with van der Waals surface area (Å²) < 4.78 is 0. The third-order valence-electron chi connectivity index (χ3n) is 3.08. The van der Waals surface area contributed by atoms with Crippen LogP contribution in [0.25, 0.3) is 0 Å². The van der Waals surface area contributed by atoms with Gasteiger partial charge in [-0.3, -0.25) is 9.59 Å². The topological polar surface area (TPSA) is 70.6 Å². The van der Waals surface area contributed by atoms with E-state index >= 15 is 0 Å². The van der Waals surface area contributed by atoms with Crippen molar-refractivity contribution in [2.75, 3.05) is 5.32 Å². The Morgan fingerprint density at radius 1 is 1.00 bits per heavy atom. The molecule has 2 amide bonds. The molecular formula is C18H19N3O2. The summed E-state index contributed by atoms with van der Waals surface area (Å²) in [6.45, 7) is 1.95. The third kappa shape index (κ3) is 6.13. The lowest BCUT2D eigenvalue weighted by atomic mass is 10.2. The second-order valence-corrected chi connectivity index (χ2v) is 5.12. The van der Waals surface area contributed by atoms with E-state index in [9.17, 15) is 9.59 Å². The van der Waals surface area contributed by atoms with E-state index < -0.39 is 0 Å². The summed E-state index contributed by atoms with van der Waals surface area (Å²) in [4.78, 5) is 23.4. The SMILES string of the molecule is Cc1cccc(NC(=O)CCC(=O)N/N=C/c2ccccc2)c1. The summed E-state index contributed by atoms with van der Waals surface area (Å²) in [5, 5.41) is 6.62. The molecule has 0 saturated carbocycles. The maximum Gasteiger partial charge on any atom is 0.240 e. The zero-order valence-electron chi connectivity index (χ0n) is 13.0. The first kappa shape index (κ1) is 16.4. The zero-order valence-corrected chi connectivity index (χ0v) is 13.0. The predicted molar refractivity (Wildman–Crippen MR) is 91.2 cm³/mol. The highest BCUT2D eigenvalue weighted by atomic mass is 16.2. The Bertz CT molecular complexity index is 696. The molecule has 0 unspecified atom stereocenters.